The van der Waals surface area contributed by atoms with Crippen LogP contribution < -0.4 is 10.1 Å². The lowest BCUT2D eigenvalue weighted by Gasteiger charge is -2.28. The molecular formula is C16H14ClF2N2O8PS. The first-order valence-electron chi connectivity index (χ1n) is 9.43. The molecule has 168 valence electrons. The first kappa shape index (κ1) is 19.9. The number of ether oxygens (including phenoxy) is 1. The second-order valence-corrected chi connectivity index (χ2v) is 8.83. The number of rotatable bonds is 4. The number of nitrogens with zero attached hydrogens (tertiary/aromatic N) is 1. The second-order valence-electron chi connectivity index (χ2n) is 6.49. The Morgan fingerprint density at radius 2 is 2.26 bits per heavy atom. The van der Waals surface area contributed by atoms with E-state index in [1.807, 2.05) is 4.98 Å². The van der Waals surface area contributed by atoms with E-state index in [-0.39, 0.29) is 12.4 Å². The zero-order valence-corrected chi connectivity index (χ0v) is 17.5. The summed E-state index contributed by atoms with van der Waals surface area (Å²) < 4.78 is 77.7. The van der Waals surface area contributed by atoms with Crippen molar-refractivity contribution in [1.82, 2.24) is 9.55 Å². The number of phosphoric acid groups is 1. The topological polar surface area (TPSA) is 132 Å². The van der Waals surface area contributed by atoms with Gasteiger partial charge in [0.05, 0.1) is 15.5 Å². The van der Waals surface area contributed by atoms with Gasteiger partial charge in [-0.3, -0.25) is 23.4 Å². The van der Waals surface area contributed by atoms with Gasteiger partial charge < -0.3 is 19.5 Å². The molecule has 3 heterocycles. The number of hydrogen-bond donors (Lipinski definition) is 3. The van der Waals surface area contributed by atoms with Crippen LogP contribution in [0.4, 0.5) is 8.78 Å². The molecule has 1 unspecified atom stereocenters. The SMILES string of the molecule is [2H]C([2H])(OP1(=O)OCc2cc(Cl)ccc2O1)[C@@]1(F)O[C@@H](n2cc(F)c(=O)[nH]c2=S)[C@H](O)[C@@H]1O. The lowest BCUT2D eigenvalue weighted by molar-refractivity contribution is -0.205. The maximum absolute atomic E-state index is 15.7. The van der Waals surface area contributed by atoms with Gasteiger partial charge in [-0.1, -0.05) is 11.6 Å². The van der Waals surface area contributed by atoms with Crippen molar-refractivity contribution < 1.29 is 44.6 Å². The van der Waals surface area contributed by atoms with Crippen molar-refractivity contribution in [3.05, 3.63) is 55.9 Å². The first-order chi connectivity index (χ1) is 15.3. The van der Waals surface area contributed by atoms with Gasteiger partial charge >= 0.3 is 7.82 Å². The number of nitrogens with one attached hydrogen (secondary N) is 1. The Hall–Kier alpha value is -1.70. The number of aromatic nitrogens is 2. The number of alkyl halides is 1. The Labute approximate surface area is 185 Å². The summed E-state index contributed by atoms with van der Waals surface area (Å²) in [6.45, 7) is -4.13. The van der Waals surface area contributed by atoms with Crippen molar-refractivity contribution in [3.63, 3.8) is 0 Å². The van der Waals surface area contributed by atoms with Crippen molar-refractivity contribution in [1.29, 1.82) is 0 Å². The average molecular weight is 501 g/mol. The molecule has 5 atom stereocenters. The molecule has 3 N–H and O–H groups in total. The van der Waals surface area contributed by atoms with Crippen LogP contribution in [0.25, 0.3) is 0 Å². The third kappa shape index (κ3) is 4.20. The molecular weight excluding hydrogens is 485 g/mol. The summed E-state index contributed by atoms with van der Waals surface area (Å²) in [5.74, 6) is -5.28. The summed E-state index contributed by atoms with van der Waals surface area (Å²) in [5.41, 5.74) is -0.851. The Kier molecular flexibility index (Phi) is 5.16. The van der Waals surface area contributed by atoms with Crippen LogP contribution >= 0.6 is 31.6 Å². The molecule has 0 bridgehead atoms. The van der Waals surface area contributed by atoms with Gasteiger partial charge in [0.2, 0.25) is 5.82 Å². The third-order valence-electron chi connectivity index (χ3n) is 4.39. The monoisotopic (exact) mass is 500 g/mol. The van der Waals surface area contributed by atoms with Crippen molar-refractivity contribution in [2.45, 2.75) is 30.9 Å². The molecule has 0 spiro atoms. The van der Waals surface area contributed by atoms with Gasteiger partial charge in [0.25, 0.3) is 11.4 Å². The molecule has 1 saturated heterocycles. The Balaban J connectivity index is 1.63. The molecule has 1 aromatic heterocycles. The highest BCUT2D eigenvalue weighted by Gasteiger charge is 2.57. The largest absolute Gasteiger partial charge is 0.530 e. The van der Waals surface area contributed by atoms with E-state index < -0.39 is 54.8 Å². The molecule has 0 saturated carbocycles. The third-order valence-corrected chi connectivity index (χ3v) is 6.12. The normalized spacial score (nSPS) is 33.9. The molecule has 15 heteroatoms. The van der Waals surface area contributed by atoms with Crippen molar-refractivity contribution in [2.24, 2.45) is 0 Å². The maximum atomic E-state index is 15.7. The van der Waals surface area contributed by atoms with Gasteiger partial charge in [-0.25, -0.2) is 8.96 Å². The minimum atomic E-state index is -4.81. The number of hydrogen-bond acceptors (Lipinski definition) is 9. The minimum Gasteiger partial charge on any atom is -0.404 e. The van der Waals surface area contributed by atoms with Crippen LogP contribution in [-0.2, 0) is 25.0 Å². The molecule has 2 aliphatic rings. The molecule has 1 aromatic carbocycles. The molecule has 0 amide bonds. The first-order valence-corrected chi connectivity index (χ1v) is 10.7. The zero-order valence-electron chi connectivity index (χ0n) is 17.0. The zero-order chi connectivity index (χ0) is 24.3. The fraction of sp³-hybridized carbons (Fsp3) is 0.375. The van der Waals surface area contributed by atoms with Crippen molar-refractivity contribution in [2.75, 3.05) is 6.56 Å². The Bertz CT molecular complexity index is 1280. The van der Waals surface area contributed by atoms with Crippen LogP contribution in [-0.4, -0.2) is 44.4 Å². The van der Waals surface area contributed by atoms with E-state index in [0.717, 1.165) is 0 Å². The van der Waals surface area contributed by atoms with Crippen molar-refractivity contribution >= 4 is 31.6 Å². The molecule has 2 aromatic rings. The maximum Gasteiger partial charge on any atom is 0.530 e. The van der Waals surface area contributed by atoms with E-state index in [1.165, 1.54) is 18.2 Å². The predicted molar refractivity (Wildman–Crippen MR) is 102 cm³/mol. The van der Waals surface area contributed by atoms with E-state index in [1.54, 1.807) is 0 Å². The highest BCUT2D eigenvalue weighted by molar-refractivity contribution is 7.71. The van der Waals surface area contributed by atoms with Crippen LogP contribution in [0.3, 0.4) is 0 Å². The summed E-state index contributed by atoms with van der Waals surface area (Å²) in [6.07, 6.45) is -6.39. The van der Waals surface area contributed by atoms with E-state index in [2.05, 4.69) is 4.52 Å². The van der Waals surface area contributed by atoms with Crippen LogP contribution in [0, 0.1) is 10.6 Å². The van der Waals surface area contributed by atoms with Gasteiger partial charge in [0.1, 0.15) is 24.5 Å². The second kappa shape index (κ2) is 8.01. The number of aliphatic hydroxyl groups is 2. The summed E-state index contributed by atoms with van der Waals surface area (Å²) in [4.78, 5) is 13.2. The van der Waals surface area contributed by atoms with Crippen LogP contribution in [0.2, 0.25) is 5.02 Å². The van der Waals surface area contributed by atoms with Gasteiger partial charge in [-0.2, -0.15) is 4.39 Å². The summed E-state index contributed by atoms with van der Waals surface area (Å²) in [7, 11) is -4.81. The van der Waals surface area contributed by atoms with Crippen LogP contribution in [0.15, 0.2) is 29.2 Å². The molecule has 1 fully saturated rings. The summed E-state index contributed by atoms with van der Waals surface area (Å²) in [6, 6.07) is 4.13. The standard InChI is InChI=1S/C16H14ClF2N2O8PS/c17-8-1-2-10-7(3-8)5-26-30(25,29-10)27-6-16(19)12(23)11(22)14(28-16)21-4-9(18)13(24)20-15(21)31/h1-4,11-12,14,22-23H,5-6H2,(H,20,24,31)/t11-,12+,14-,16-,30?/m1/s1/i6D2. The van der Waals surface area contributed by atoms with E-state index >= 15 is 4.39 Å². The number of halogens is 3. The lowest BCUT2D eigenvalue weighted by Crippen LogP contribution is -2.43. The van der Waals surface area contributed by atoms with E-state index in [4.69, 9.17) is 40.3 Å². The van der Waals surface area contributed by atoms with Gasteiger partial charge in [0, 0.05) is 10.6 Å². The van der Waals surface area contributed by atoms with Gasteiger partial charge in [-0.05, 0) is 30.4 Å². The highest BCUT2D eigenvalue weighted by Crippen LogP contribution is 2.56. The number of H-pyrrole nitrogens is 1. The number of benzene rings is 1. The Morgan fingerprint density at radius 3 is 3.00 bits per heavy atom. The highest BCUT2D eigenvalue weighted by atomic mass is 35.5. The lowest BCUT2D eigenvalue weighted by atomic mass is 10.1. The van der Waals surface area contributed by atoms with Crippen LogP contribution in [0.1, 0.15) is 14.5 Å². The van der Waals surface area contributed by atoms with Gasteiger partial charge in [0.15, 0.2) is 11.0 Å². The van der Waals surface area contributed by atoms with Crippen molar-refractivity contribution in [3.8, 4) is 5.75 Å². The number of aliphatic hydroxyl groups excluding tert-OH is 2. The smallest absolute Gasteiger partial charge is 0.404 e. The molecule has 4 rings (SSSR count). The molecule has 2 aliphatic heterocycles. The molecule has 31 heavy (non-hydrogen) atoms. The Morgan fingerprint density at radius 1 is 1.52 bits per heavy atom. The molecule has 0 aliphatic carbocycles. The number of aromatic amines is 1. The fourth-order valence-electron chi connectivity index (χ4n) is 2.85. The summed E-state index contributed by atoms with van der Waals surface area (Å²) in [5, 5.41) is 20.8. The van der Waals surface area contributed by atoms with Gasteiger partial charge in [-0.15, -0.1) is 0 Å². The fourth-order valence-corrected chi connectivity index (χ4v) is 4.39. The van der Waals surface area contributed by atoms with Crippen LogP contribution in [0.5, 0.6) is 5.75 Å². The minimum absolute atomic E-state index is 0.0292. The molecule has 10 nitrogen and oxygen atoms in total. The molecule has 0 radical (unpaired) electrons. The predicted octanol–water partition coefficient (Wildman–Crippen LogP) is 2.35. The average Bonchev–Trinajstić information content (AvgIpc) is 2.96. The number of fused-ring (bicyclic) bond motifs is 1. The van der Waals surface area contributed by atoms with E-state index in [0.29, 0.717) is 21.4 Å². The van der Waals surface area contributed by atoms with E-state index in [9.17, 15) is 24.0 Å². The quantitative estimate of drug-likeness (QED) is 0.427. The number of phosphoric ester groups is 1. The summed E-state index contributed by atoms with van der Waals surface area (Å²) >= 11 is 10.7.